The van der Waals surface area contributed by atoms with E-state index < -0.39 is 0 Å². The summed E-state index contributed by atoms with van der Waals surface area (Å²) in [6, 6.07) is 7.00. The standard InChI is InChI=1S/C15H15Cl2NO2/c1-15(2,13-11(16)4-3-5-12(13)17)9-18-14(19)10-6-7-20-8-10/h3-8H,9H2,1-2H3,(H,18,19). The van der Waals surface area contributed by atoms with Gasteiger partial charge < -0.3 is 9.73 Å². The van der Waals surface area contributed by atoms with Gasteiger partial charge in [-0.1, -0.05) is 43.1 Å². The van der Waals surface area contributed by atoms with Crippen LogP contribution in [0.4, 0.5) is 0 Å². The van der Waals surface area contributed by atoms with Crippen LogP contribution in [0.2, 0.25) is 10.0 Å². The highest BCUT2D eigenvalue weighted by molar-refractivity contribution is 6.36. The first kappa shape index (κ1) is 14.9. The number of halogens is 2. The second-order valence-corrected chi connectivity index (χ2v) is 5.99. The lowest BCUT2D eigenvalue weighted by atomic mass is 9.84. The Morgan fingerprint density at radius 2 is 1.90 bits per heavy atom. The third-order valence-electron chi connectivity index (χ3n) is 3.11. The minimum atomic E-state index is -0.380. The molecule has 2 rings (SSSR count). The molecule has 0 unspecified atom stereocenters. The average Bonchev–Trinajstić information content (AvgIpc) is 2.89. The highest BCUT2D eigenvalue weighted by atomic mass is 35.5. The summed E-state index contributed by atoms with van der Waals surface area (Å²) in [4.78, 5) is 11.9. The van der Waals surface area contributed by atoms with Crippen molar-refractivity contribution in [2.24, 2.45) is 0 Å². The zero-order valence-corrected chi connectivity index (χ0v) is 12.8. The van der Waals surface area contributed by atoms with Gasteiger partial charge in [0.1, 0.15) is 6.26 Å². The van der Waals surface area contributed by atoms with Crippen LogP contribution in [0.3, 0.4) is 0 Å². The van der Waals surface area contributed by atoms with Crippen molar-refractivity contribution < 1.29 is 9.21 Å². The largest absolute Gasteiger partial charge is 0.472 e. The monoisotopic (exact) mass is 311 g/mol. The van der Waals surface area contributed by atoms with E-state index in [0.717, 1.165) is 5.56 Å². The maximum Gasteiger partial charge on any atom is 0.254 e. The SMILES string of the molecule is CC(C)(CNC(=O)c1ccoc1)c1c(Cl)cccc1Cl. The first-order valence-corrected chi connectivity index (χ1v) is 6.92. The van der Waals surface area contributed by atoms with Crippen LogP contribution in [-0.4, -0.2) is 12.5 Å². The van der Waals surface area contributed by atoms with Gasteiger partial charge in [0.05, 0.1) is 11.8 Å². The predicted octanol–water partition coefficient (Wildman–Crippen LogP) is 4.29. The zero-order valence-electron chi connectivity index (χ0n) is 11.2. The van der Waals surface area contributed by atoms with Crippen LogP contribution in [0.25, 0.3) is 0 Å². The molecule has 0 atom stereocenters. The number of rotatable bonds is 4. The third-order valence-corrected chi connectivity index (χ3v) is 3.74. The fourth-order valence-corrected chi connectivity index (χ4v) is 2.94. The molecule has 1 amide bonds. The maximum atomic E-state index is 11.9. The molecule has 0 fully saturated rings. The van der Waals surface area contributed by atoms with E-state index in [4.69, 9.17) is 27.6 Å². The number of hydrogen-bond donors (Lipinski definition) is 1. The summed E-state index contributed by atoms with van der Waals surface area (Å²) in [5.74, 6) is -0.185. The number of nitrogens with one attached hydrogen (secondary N) is 1. The fourth-order valence-electron chi connectivity index (χ4n) is 2.03. The van der Waals surface area contributed by atoms with Crippen molar-refractivity contribution in [3.05, 3.63) is 58.0 Å². The molecule has 1 aromatic heterocycles. The smallest absolute Gasteiger partial charge is 0.254 e. The van der Waals surface area contributed by atoms with Crippen LogP contribution in [0.15, 0.2) is 41.2 Å². The van der Waals surface area contributed by atoms with Crippen molar-refractivity contribution in [2.75, 3.05) is 6.54 Å². The van der Waals surface area contributed by atoms with E-state index in [1.165, 1.54) is 12.5 Å². The predicted molar refractivity (Wildman–Crippen MR) is 80.5 cm³/mol. The summed E-state index contributed by atoms with van der Waals surface area (Å²) in [7, 11) is 0. The highest BCUT2D eigenvalue weighted by Gasteiger charge is 2.26. The summed E-state index contributed by atoms with van der Waals surface area (Å²) < 4.78 is 4.89. The Kier molecular flexibility index (Phi) is 4.41. The Morgan fingerprint density at radius 3 is 2.45 bits per heavy atom. The second-order valence-electron chi connectivity index (χ2n) is 5.18. The van der Waals surface area contributed by atoms with E-state index in [9.17, 15) is 4.79 Å². The Morgan fingerprint density at radius 1 is 1.25 bits per heavy atom. The van der Waals surface area contributed by atoms with Gasteiger partial charge in [0, 0.05) is 22.0 Å². The third kappa shape index (κ3) is 3.17. The molecular formula is C15H15Cl2NO2. The molecule has 0 aliphatic rings. The fraction of sp³-hybridized carbons (Fsp3) is 0.267. The number of carbonyl (C=O) groups excluding carboxylic acids is 1. The van der Waals surface area contributed by atoms with Crippen LogP contribution >= 0.6 is 23.2 Å². The van der Waals surface area contributed by atoms with Crippen LogP contribution in [-0.2, 0) is 5.41 Å². The van der Waals surface area contributed by atoms with Crippen molar-refractivity contribution in [1.29, 1.82) is 0 Å². The van der Waals surface area contributed by atoms with E-state index in [-0.39, 0.29) is 11.3 Å². The minimum absolute atomic E-state index is 0.185. The lowest BCUT2D eigenvalue weighted by Gasteiger charge is -2.27. The van der Waals surface area contributed by atoms with Gasteiger partial charge in [-0.05, 0) is 23.8 Å². The van der Waals surface area contributed by atoms with Crippen molar-refractivity contribution in [3.63, 3.8) is 0 Å². The molecule has 0 spiro atoms. The number of furan rings is 1. The van der Waals surface area contributed by atoms with Gasteiger partial charge in [-0.25, -0.2) is 0 Å². The quantitative estimate of drug-likeness (QED) is 0.915. The minimum Gasteiger partial charge on any atom is -0.472 e. The molecule has 3 nitrogen and oxygen atoms in total. The van der Waals surface area contributed by atoms with E-state index in [1.54, 1.807) is 24.3 Å². The summed E-state index contributed by atoms with van der Waals surface area (Å²) in [6.07, 6.45) is 2.87. The van der Waals surface area contributed by atoms with E-state index >= 15 is 0 Å². The molecule has 0 aliphatic heterocycles. The van der Waals surface area contributed by atoms with Crippen LogP contribution < -0.4 is 5.32 Å². The van der Waals surface area contributed by atoms with Crippen molar-refractivity contribution >= 4 is 29.1 Å². The molecule has 1 N–H and O–H groups in total. The Bertz CT molecular complexity index is 586. The van der Waals surface area contributed by atoms with Gasteiger partial charge in [-0.2, -0.15) is 0 Å². The van der Waals surface area contributed by atoms with Gasteiger partial charge in [-0.15, -0.1) is 0 Å². The summed E-state index contributed by atoms with van der Waals surface area (Å²) in [6.45, 7) is 4.38. The first-order valence-electron chi connectivity index (χ1n) is 6.17. The van der Waals surface area contributed by atoms with Gasteiger partial charge in [0.2, 0.25) is 0 Å². The lowest BCUT2D eigenvalue weighted by molar-refractivity contribution is 0.0945. The molecule has 2 aromatic rings. The lowest BCUT2D eigenvalue weighted by Crippen LogP contribution is -2.37. The van der Waals surface area contributed by atoms with Gasteiger partial charge in [-0.3, -0.25) is 4.79 Å². The van der Waals surface area contributed by atoms with E-state index in [0.29, 0.717) is 22.2 Å². The van der Waals surface area contributed by atoms with Crippen LogP contribution in [0.1, 0.15) is 29.8 Å². The van der Waals surface area contributed by atoms with Crippen LogP contribution in [0, 0.1) is 0 Å². The Hall–Kier alpha value is -1.45. The van der Waals surface area contributed by atoms with E-state index in [2.05, 4.69) is 5.32 Å². The molecular weight excluding hydrogens is 297 g/mol. The molecule has 5 heteroatoms. The Labute approximate surface area is 127 Å². The number of carbonyl (C=O) groups is 1. The summed E-state index contributed by atoms with van der Waals surface area (Å²) >= 11 is 12.4. The summed E-state index contributed by atoms with van der Waals surface area (Å²) in [5, 5.41) is 4.06. The molecule has 0 aliphatic carbocycles. The van der Waals surface area contributed by atoms with Crippen molar-refractivity contribution in [2.45, 2.75) is 19.3 Å². The molecule has 0 radical (unpaired) electrons. The normalized spacial score (nSPS) is 11.4. The van der Waals surface area contributed by atoms with E-state index in [1.807, 2.05) is 13.8 Å². The molecule has 0 bridgehead atoms. The average molecular weight is 312 g/mol. The molecule has 1 aromatic carbocycles. The number of hydrogen-bond acceptors (Lipinski definition) is 2. The number of benzene rings is 1. The highest BCUT2D eigenvalue weighted by Crippen LogP contribution is 2.35. The van der Waals surface area contributed by atoms with Crippen LogP contribution in [0.5, 0.6) is 0 Å². The van der Waals surface area contributed by atoms with Gasteiger partial charge >= 0.3 is 0 Å². The molecule has 0 saturated heterocycles. The van der Waals surface area contributed by atoms with Gasteiger partial charge in [0.15, 0.2) is 0 Å². The molecule has 0 saturated carbocycles. The number of amides is 1. The zero-order chi connectivity index (χ0) is 14.8. The topological polar surface area (TPSA) is 42.2 Å². The summed E-state index contributed by atoms with van der Waals surface area (Å²) in [5.41, 5.74) is 0.941. The molecule has 20 heavy (non-hydrogen) atoms. The Balaban J connectivity index is 2.13. The second kappa shape index (κ2) is 5.90. The maximum absolute atomic E-state index is 11.9. The van der Waals surface area contributed by atoms with Crippen molar-refractivity contribution in [1.82, 2.24) is 5.32 Å². The van der Waals surface area contributed by atoms with Gasteiger partial charge in [0.25, 0.3) is 5.91 Å². The molecule has 106 valence electrons. The molecule has 1 heterocycles. The first-order chi connectivity index (χ1) is 9.42. The van der Waals surface area contributed by atoms with Crippen molar-refractivity contribution in [3.8, 4) is 0 Å².